The Morgan fingerprint density at radius 3 is 2.75 bits per heavy atom. The number of allylic oxidation sites excluding steroid dienone is 1. The molecule has 1 spiro atoms. The van der Waals surface area contributed by atoms with Gasteiger partial charge in [-0.1, -0.05) is 6.92 Å². The molecule has 108 valence electrons. The van der Waals surface area contributed by atoms with Crippen LogP contribution in [0.15, 0.2) is 11.1 Å². The van der Waals surface area contributed by atoms with Gasteiger partial charge in [0.15, 0.2) is 5.78 Å². The lowest BCUT2D eigenvalue weighted by Crippen LogP contribution is -2.54. The SMILES string of the molecule is CCC(=O)[C@H]1C(=O)C(C)=C2CCCC(=O)N3CCC[C@]213. The molecule has 20 heavy (non-hydrogen) atoms. The quantitative estimate of drug-likeness (QED) is 0.725. The van der Waals surface area contributed by atoms with Crippen LogP contribution in [0.3, 0.4) is 0 Å². The van der Waals surface area contributed by atoms with Crippen molar-refractivity contribution >= 4 is 17.5 Å². The summed E-state index contributed by atoms with van der Waals surface area (Å²) in [5, 5.41) is 0. The Morgan fingerprint density at radius 2 is 2.05 bits per heavy atom. The van der Waals surface area contributed by atoms with E-state index in [1.54, 1.807) is 6.92 Å². The van der Waals surface area contributed by atoms with Gasteiger partial charge in [0.05, 0.1) is 5.54 Å². The zero-order valence-electron chi connectivity index (χ0n) is 12.2. The van der Waals surface area contributed by atoms with Crippen LogP contribution in [-0.2, 0) is 14.4 Å². The van der Waals surface area contributed by atoms with Crippen molar-refractivity contribution in [2.75, 3.05) is 6.54 Å². The Hall–Kier alpha value is -1.45. The molecule has 2 heterocycles. The third-order valence-corrected chi connectivity index (χ3v) is 5.29. The maximum atomic E-state index is 12.6. The van der Waals surface area contributed by atoms with E-state index in [1.807, 2.05) is 11.8 Å². The molecular weight excluding hydrogens is 254 g/mol. The highest BCUT2D eigenvalue weighted by atomic mass is 16.2. The van der Waals surface area contributed by atoms with Gasteiger partial charge in [-0.15, -0.1) is 0 Å². The van der Waals surface area contributed by atoms with Gasteiger partial charge < -0.3 is 4.90 Å². The Balaban J connectivity index is 2.19. The average molecular weight is 275 g/mol. The highest BCUT2D eigenvalue weighted by Crippen LogP contribution is 2.52. The Morgan fingerprint density at radius 1 is 1.30 bits per heavy atom. The zero-order valence-corrected chi connectivity index (χ0v) is 12.2. The van der Waals surface area contributed by atoms with Gasteiger partial charge in [-0.3, -0.25) is 14.4 Å². The van der Waals surface area contributed by atoms with E-state index in [2.05, 4.69) is 0 Å². The van der Waals surface area contributed by atoms with Crippen LogP contribution in [0.2, 0.25) is 0 Å². The Kier molecular flexibility index (Phi) is 3.07. The van der Waals surface area contributed by atoms with E-state index >= 15 is 0 Å². The van der Waals surface area contributed by atoms with Crippen LogP contribution in [0.1, 0.15) is 52.4 Å². The van der Waals surface area contributed by atoms with Gasteiger partial charge in [0.25, 0.3) is 0 Å². The second-order valence-corrected chi connectivity index (χ2v) is 6.15. The van der Waals surface area contributed by atoms with Crippen LogP contribution in [-0.4, -0.2) is 34.5 Å². The van der Waals surface area contributed by atoms with E-state index in [0.29, 0.717) is 19.4 Å². The summed E-state index contributed by atoms with van der Waals surface area (Å²) >= 11 is 0. The highest BCUT2D eigenvalue weighted by Gasteiger charge is 2.61. The predicted molar refractivity (Wildman–Crippen MR) is 74.0 cm³/mol. The molecule has 2 fully saturated rings. The van der Waals surface area contributed by atoms with E-state index in [0.717, 1.165) is 36.8 Å². The number of hydrogen-bond donors (Lipinski definition) is 0. The number of Topliss-reactive ketones (excluding diaryl/α,β-unsaturated/α-hetero) is 2. The lowest BCUT2D eigenvalue weighted by Gasteiger charge is -2.40. The first-order valence-electron chi connectivity index (χ1n) is 7.61. The van der Waals surface area contributed by atoms with Crippen LogP contribution in [0.5, 0.6) is 0 Å². The fourth-order valence-electron chi connectivity index (χ4n) is 4.46. The van der Waals surface area contributed by atoms with Crippen LogP contribution in [0.4, 0.5) is 0 Å². The van der Waals surface area contributed by atoms with Crippen LogP contribution < -0.4 is 0 Å². The lowest BCUT2D eigenvalue weighted by atomic mass is 9.76. The molecule has 0 aromatic heterocycles. The van der Waals surface area contributed by atoms with Crippen molar-refractivity contribution in [1.29, 1.82) is 0 Å². The molecular formula is C16H21NO3. The molecule has 1 amide bonds. The summed E-state index contributed by atoms with van der Waals surface area (Å²) in [5.41, 5.74) is 1.23. The Bertz CT molecular complexity index is 534. The van der Waals surface area contributed by atoms with Crippen molar-refractivity contribution in [3.05, 3.63) is 11.1 Å². The summed E-state index contributed by atoms with van der Waals surface area (Å²) in [6, 6.07) is 0. The van der Waals surface area contributed by atoms with Gasteiger partial charge in [-0.2, -0.15) is 0 Å². The van der Waals surface area contributed by atoms with Crippen LogP contribution in [0, 0.1) is 5.92 Å². The molecule has 0 bridgehead atoms. The molecule has 0 aromatic rings. The number of nitrogens with zero attached hydrogens (tertiary/aromatic N) is 1. The molecule has 2 atom stereocenters. The smallest absolute Gasteiger partial charge is 0.223 e. The van der Waals surface area contributed by atoms with Gasteiger partial charge in [-0.25, -0.2) is 0 Å². The number of hydrogen-bond acceptors (Lipinski definition) is 3. The number of carbonyl (C=O) groups excluding carboxylic acids is 3. The molecule has 0 N–H and O–H groups in total. The summed E-state index contributed by atoms with van der Waals surface area (Å²) in [4.78, 5) is 39.3. The fourth-order valence-corrected chi connectivity index (χ4v) is 4.46. The van der Waals surface area contributed by atoms with Gasteiger partial charge in [0.2, 0.25) is 5.91 Å². The summed E-state index contributed by atoms with van der Waals surface area (Å²) < 4.78 is 0. The minimum absolute atomic E-state index is 0.00838. The first-order valence-corrected chi connectivity index (χ1v) is 7.61. The third-order valence-electron chi connectivity index (χ3n) is 5.29. The van der Waals surface area contributed by atoms with Crippen molar-refractivity contribution in [2.24, 2.45) is 5.92 Å². The van der Waals surface area contributed by atoms with Gasteiger partial charge in [-0.05, 0) is 43.8 Å². The Labute approximate surface area is 119 Å². The first kappa shape index (κ1) is 13.5. The molecule has 0 unspecified atom stereocenters. The maximum absolute atomic E-state index is 12.6. The fraction of sp³-hybridized carbons (Fsp3) is 0.688. The summed E-state index contributed by atoms with van der Waals surface area (Å²) in [5.74, 6) is -0.555. The number of amides is 1. The number of ketones is 2. The maximum Gasteiger partial charge on any atom is 0.223 e. The van der Waals surface area contributed by atoms with E-state index in [4.69, 9.17) is 0 Å². The van der Waals surface area contributed by atoms with Gasteiger partial charge in [0.1, 0.15) is 11.7 Å². The average Bonchev–Trinajstić information content (AvgIpc) is 2.90. The normalized spacial score (nSPS) is 33.3. The van der Waals surface area contributed by atoms with Crippen LogP contribution in [0.25, 0.3) is 0 Å². The van der Waals surface area contributed by atoms with Crippen molar-refractivity contribution in [2.45, 2.75) is 57.9 Å². The summed E-state index contributed by atoms with van der Waals surface area (Å²) in [7, 11) is 0. The second-order valence-electron chi connectivity index (χ2n) is 6.15. The van der Waals surface area contributed by atoms with E-state index < -0.39 is 11.5 Å². The molecule has 4 heteroatoms. The van der Waals surface area contributed by atoms with E-state index in [9.17, 15) is 14.4 Å². The van der Waals surface area contributed by atoms with Crippen LogP contribution >= 0.6 is 0 Å². The van der Waals surface area contributed by atoms with Crippen molar-refractivity contribution < 1.29 is 14.4 Å². The van der Waals surface area contributed by atoms with E-state index in [-0.39, 0.29) is 17.5 Å². The molecule has 3 aliphatic rings. The predicted octanol–water partition coefficient (Wildman–Crippen LogP) is 2.03. The topological polar surface area (TPSA) is 54.5 Å². The molecule has 0 saturated carbocycles. The molecule has 0 radical (unpaired) electrons. The minimum Gasteiger partial charge on any atom is -0.332 e. The van der Waals surface area contributed by atoms with Gasteiger partial charge in [0, 0.05) is 19.4 Å². The lowest BCUT2D eigenvalue weighted by molar-refractivity contribution is -0.140. The summed E-state index contributed by atoms with van der Waals surface area (Å²) in [6.07, 6.45) is 4.15. The second kappa shape index (κ2) is 4.54. The molecule has 1 aliphatic carbocycles. The third kappa shape index (κ3) is 1.51. The molecule has 0 aromatic carbocycles. The summed E-state index contributed by atoms with van der Waals surface area (Å²) in [6.45, 7) is 4.34. The number of carbonyl (C=O) groups is 3. The molecule has 2 aliphatic heterocycles. The molecule has 4 nitrogen and oxygen atoms in total. The van der Waals surface area contributed by atoms with Crippen molar-refractivity contribution in [1.82, 2.24) is 4.90 Å². The minimum atomic E-state index is -0.632. The highest BCUT2D eigenvalue weighted by molar-refractivity contribution is 6.15. The van der Waals surface area contributed by atoms with Crippen molar-refractivity contribution in [3.63, 3.8) is 0 Å². The zero-order chi connectivity index (χ0) is 14.5. The molecule has 3 rings (SSSR count). The monoisotopic (exact) mass is 275 g/mol. The van der Waals surface area contributed by atoms with Gasteiger partial charge >= 0.3 is 0 Å². The standard InChI is InChI=1S/C16H21NO3/c1-3-12(18)14-15(20)10(2)11-6-4-7-13(19)17-9-5-8-16(11,14)17/h14H,3-9H2,1-2H3/t14-,16-/m0/s1. The first-order chi connectivity index (χ1) is 9.54. The van der Waals surface area contributed by atoms with E-state index in [1.165, 1.54) is 0 Å². The van der Waals surface area contributed by atoms with Crippen molar-refractivity contribution in [3.8, 4) is 0 Å². The molecule has 2 saturated heterocycles. The number of rotatable bonds is 2. The largest absolute Gasteiger partial charge is 0.332 e.